The van der Waals surface area contributed by atoms with Gasteiger partial charge >= 0.3 is 0 Å². The minimum atomic E-state index is 0.0571. The molecule has 1 aromatic heterocycles. The van der Waals surface area contributed by atoms with Gasteiger partial charge in [0.25, 0.3) is 0 Å². The number of benzene rings is 1. The van der Waals surface area contributed by atoms with Crippen molar-refractivity contribution < 1.29 is 10.3 Å². The number of para-hydroxylation sites is 1. The SMILES string of the molecule is CCCCCCCc1[nH]c2ccccc2/c(=N/O)c1O. The molecule has 0 aliphatic rings. The predicted molar refractivity (Wildman–Crippen MR) is 79.8 cm³/mol. The van der Waals surface area contributed by atoms with E-state index in [9.17, 15) is 5.11 Å². The molecule has 0 unspecified atom stereocenters. The number of unbranched alkanes of at least 4 members (excludes halogenated alkanes) is 4. The van der Waals surface area contributed by atoms with Crippen LogP contribution in [0.5, 0.6) is 5.75 Å². The maximum Gasteiger partial charge on any atom is 0.164 e. The van der Waals surface area contributed by atoms with E-state index in [0.717, 1.165) is 35.9 Å². The summed E-state index contributed by atoms with van der Waals surface area (Å²) >= 11 is 0. The summed E-state index contributed by atoms with van der Waals surface area (Å²) in [5.74, 6) is 0.0571. The average molecular weight is 274 g/mol. The Hall–Kier alpha value is -1.97. The molecule has 0 atom stereocenters. The van der Waals surface area contributed by atoms with Crippen molar-refractivity contribution in [3.8, 4) is 5.75 Å². The molecular weight excluding hydrogens is 252 g/mol. The largest absolute Gasteiger partial charge is 0.504 e. The maximum atomic E-state index is 10.2. The Labute approximate surface area is 118 Å². The molecule has 20 heavy (non-hydrogen) atoms. The molecule has 0 saturated carbocycles. The number of nitrogens with one attached hydrogen (secondary N) is 1. The van der Waals surface area contributed by atoms with E-state index in [4.69, 9.17) is 5.21 Å². The van der Waals surface area contributed by atoms with Crippen LogP contribution in [0.1, 0.15) is 44.7 Å². The Kier molecular flexibility index (Phi) is 5.04. The minimum absolute atomic E-state index is 0.0571. The van der Waals surface area contributed by atoms with Crippen molar-refractivity contribution in [1.82, 2.24) is 4.98 Å². The van der Waals surface area contributed by atoms with E-state index < -0.39 is 0 Å². The molecule has 0 amide bonds. The van der Waals surface area contributed by atoms with E-state index >= 15 is 0 Å². The van der Waals surface area contributed by atoms with E-state index in [0.29, 0.717) is 0 Å². The number of H-pyrrole nitrogens is 1. The lowest BCUT2D eigenvalue weighted by atomic mass is 10.1. The fraction of sp³-hybridized carbons (Fsp3) is 0.438. The summed E-state index contributed by atoms with van der Waals surface area (Å²) < 4.78 is 0. The lowest BCUT2D eigenvalue weighted by Gasteiger charge is -2.08. The van der Waals surface area contributed by atoms with Crippen molar-refractivity contribution in [3.63, 3.8) is 0 Å². The highest BCUT2D eigenvalue weighted by Gasteiger charge is 2.09. The molecule has 108 valence electrons. The van der Waals surface area contributed by atoms with Crippen LogP contribution in [0.2, 0.25) is 0 Å². The Morgan fingerprint density at radius 3 is 2.60 bits per heavy atom. The smallest absolute Gasteiger partial charge is 0.164 e. The van der Waals surface area contributed by atoms with E-state index in [1.807, 2.05) is 24.3 Å². The predicted octanol–water partition coefficient (Wildman–Crippen LogP) is 3.68. The maximum absolute atomic E-state index is 10.2. The zero-order chi connectivity index (χ0) is 14.4. The second-order valence-corrected chi connectivity index (χ2v) is 5.11. The quantitative estimate of drug-likeness (QED) is 0.427. The number of hydrogen-bond donors (Lipinski definition) is 3. The van der Waals surface area contributed by atoms with Gasteiger partial charge in [0.2, 0.25) is 0 Å². The summed E-state index contributed by atoms with van der Waals surface area (Å²) in [6.07, 6.45) is 6.64. The van der Waals surface area contributed by atoms with Crippen molar-refractivity contribution in [2.75, 3.05) is 0 Å². The van der Waals surface area contributed by atoms with E-state index in [-0.39, 0.29) is 11.1 Å². The van der Waals surface area contributed by atoms with Gasteiger partial charge in [-0.2, -0.15) is 0 Å². The summed E-state index contributed by atoms with van der Waals surface area (Å²) in [6.45, 7) is 2.19. The number of fused-ring (bicyclic) bond motifs is 1. The average Bonchev–Trinajstić information content (AvgIpc) is 2.47. The summed E-state index contributed by atoms with van der Waals surface area (Å²) in [4.78, 5) is 3.24. The van der Waals surface area contributed by atoms with Crippen LogP contribution in [0.4, 0.5) is 0 Å². The van der Waals surface area contributed by atoms with E-state index in [1.165, 1.54) is 19.3 Å². The van der Waals surface area contributed by atoms with Crippen LogP contribution in [0.15, 0.2) is 29.4 Å². The lowest BCUT2D eigenvalue weighted by Crippen LogP contribution is -2.09. The highest BCUT2D eigenvalue weighted by molar-refractivity contribution is 5.79. The Morgan fingerprint density at radius 2 is 1.85 bits per heavy atom. The van der Waals surface area contributed by atoms with Crippen molar-refractivity contribution >= 4 is 10.9 Å². The number of aryl methyl sites for hydroxylation is 1. The highest BCUT2D eigenvalue weighted by atomic mass is 16.4. The molecule has 0 fully saturated rings. The van der Waals surface area contributed by atoms with E-state index in [1.54, 1.807) is 0 Å². The van der Waals surface area contributed by atoms with Crippen LogP contribution in [-0.2, 0) is 6.42 Å². The first-order valence-corrected chi connectivity index (χ1v) is 7.29. The number of nitrogens with zero attached hydrogens (tertiary/aromatic N) is 1. The third-order valence-electron chi connectivity index (χ3n) is 3.61. The number of rotatable bonds is 6. The molecule has 3 N–H and O–H groups in total. The Balaban J connectivity index is 2.23. The topological polar surface area (TPSA) is 68.6 Å². The third kappa shape index (κ3) is 3.13. The standard InChI is InChI=1S/C16H22N2O2/c1-2-3-4-5-6-11-14-16(19)15(18-20)12-9-7-8-10-13(12)17-14/h7-10,19-20H,2-6,11H2,1H3,(H,17,18). The summed E-state index contributed by atoms with van der Waals surface area (Å²) in [7, 11) is 0. The fourth-order valence-electron chi connectivity index (χ4n) is 2.48. The molecule has 0 spiro atoms. The minimum Gasteiger partial charge on any atom is -0.504 e. The van der Waals surface area contributed by atoms with Crippen LogP contribution in [0.3, 0.4) is 0 Å². The number of aromatic nitrogens is 1. The molecule has 0 saturated heterocycles. The van der Waals surface area contributed by atoms with Gasteiger partial charge in [0, 0.05) is 10.9 Å². The van der Waals surface area contributed by atoms with Crippen LogP contribution >= 0.6 is 0 Å². The molecule has 0 aliphatic carbocycles. The molecule has 2 aromatic rings. The zero-order valence-corrected chi connectivity index (χ0v) is 11.9. The second kappa shape index (κ2) is 6.98. The molecule has 4 nitrogen and oxygen atoms in total. The first-order valence-electron chi connectivity index (χ1n) is 7.29. The monoisotopic (exact) mass is 274 g/mol. The first-order chi connectivity index (χ1) is 9.77. The van der Waals surface area contributed by atoms with Gasteiger partial charge in [-0.05, 0) is 18.9 Å². The van der Waals surface area contributed by atoms with Gasteiger partial charge in [-0.15, -0.1) is 0 Å². The van der Waals surface area contributed by atoms with Gasteiger partial charge in [-0.3, -0.25) is 0 Å². The number of pyridine rings is 1. The molecule has 4 heteroatoms. The molecular formula is C16H22N2O2. The lowest BCUT2D eigenvalue weighted by molar-refractivity contribution is 0.297. The van der Waals surface area contributed by atoms with Gasteiger partial charge in [-0.25, -0.2) is 0 Å². The second-order valence-electron chi connectivity index (χ2n) is 5.11. The van der Waals surface area contributed by atoms with E-state index in [2.05, 4.69) is 17.1 Å². The van der Waals surface area contributed by atoms with Crippen LogP contribution < -0.4 is 5.36 Å². The third-order valence-corrected chi connectivity index (χ3v) is 3.61. The number of hydrogen-bond acceptors (Lipinski definition) is 3. The van der Waals surface area contributed by atoms with Crippen LogP contribution in [-0.4, -0.2) is 15.3 Å². The molecule has 1 aromatic carbocycles. The van der Waals surface area contributed by atoms with Crippen molar-refractivity contribution in [2.24, 2.45) is 5.16 Å². The van der Waals surface area contributed by atoms with Gasteiger partial charge < -0.3 is 15.3 Å². The molecule has 0 aliphatic heterocycles. The summed E-state index contributed by atoms with van der Waals surface area (Å²) in [5, 5.41) is 23.6. The van der Waals surface area contributed by atoms with Crippen molar-refractivity contribution in [2.45, 2.75) is 45.4 Å². The van der Waals surface area contributed by atoms with Crippen LogP contribution in [0, 0.1) is 0 Å². The van der Waals surface area contributed by atoms with Crippen molar-refractivity contribution in [3.05, 3.63) is 35.3 Å². The summed E-state index contributed by atoms with van der Waals surface area (Å²) in [5.41, 5.74) is 1.62. The molecule has 0 radical (unpaired) electrons. The van der Waals surface area contributed by atoms with Crippen molar-refractivity contribution in [1.29, 1.82) is 0 Å². The molecule has 2 rings (SSSR count). The zero-order valence-electron chi connectivity index (χ0n) is 11.9. The number of aromatic amines is 1. The summed E-state index contributed by atoms with van der Waals surface area (Å²) in [6, 6.07) is 7.52. The first kappa shape index (κ1) is 14.4. The molecule has 0 bridgehead atoms. The number of aromatic hydroxyl groups is 1. The Bertz CT molecular complexity index is 632. The van der Waals surface area contributed by atoms with Crippen LogP contribution in [0.25, 0.3) is 10.9 Å². The Morgan fingerprint density at radius 1 is 1.10 bits per heavy atom. The van der Waals surface area contributed by atoms with Gasteiger partial charge in [0.15, 0.2) is 11.1 Å². The normalized spacial score (nSPS) is 12.2. The van der Waals surface area contributed by atoms with Gasteiger partial charge in [-0.1, -0.05) is 56.0 Å². The highest BCUT2D eigenvalue weighted by Crippen LogP contribution is 2.18. The van der Waals surface area contributed by atoms with Gasteiger partial charge in [0.05, 0.1) is 5.69 Å². The fourth-order valence-corrected chi connectivity index (χ4v) is 2.48. The molecule has 1 heterocycles. The van der Waals surface area contributed by atoms with Gasteiger partial charge in [0.1, 0.15) is 0 Å².